The predicted octanol–water partition coefficient (Wildman–Crippen LogP) is 1.06. The fourth-order valence-corrected chi connectivity index (χ4v) is 1.17. The Morgan fingerprint density at radius 1 is 1.67 bits per heavy atom. The van der Waals surface area contributed by atoms with Crippen molar-refractivity contribution in [1.82, 2.24) is 0 Å². The normalized spacial score (nSPS) is 35.3. The van der Waals surface area contributed by atoms with Crippen LogP contribution < -0.4 is 0 Å². The molecule has 0 aromatic heterocycles. The molecular formula is C7H14O2. The van der Waals surface area contributed by atoms with Gasteiger partial charge in [0.2, 0.25) is 0 Å². The quantitative estimate of drug-likeness (QED) is 0.556. The molecule has 2 nitrogen and oxygen atoms in total. The van der Waals surface area contributed by atoms with E-state index in [0.29, 0.717) is 5.41 Å². The maximum Gasteiger partial charge on any atom is 0.0542 e. The molecule has 2 heteroatoms. The van der Waals surface area contributed by atoms with E-state index >= 15 is 0 Å². The third-order valence-corrected chi connectivity index (χ3v) is 1.79. The Hall–Kier alpha value is -0.0800. The van der Waals surface area contributed by atoms with Crippen LogP contribution in [0, 0.1) is 5.41 Å². The molecule has 0 radical (unpaired) electrons. The molecular weight excluding hydrogens is 116 g/mol. The molecule has 0 spiro atoms. The minimum absolute atomic E-state index is 0.300. The minimum atomic E-state index is 0.300. The van der Waals surface area contributed by atoms with Crippen LogP contribution in [-0.4, -0.2) is 26.9 Å². The van der Waals surface area contributed by atoms with Gasteiger partial charge in [0.05, 0.1) is 13.2 Å². The summed E-state index contributed by atoms with van der Waals surface area (Å²) in [6.07, 6.45) is 1.14. The van der Waals surface area contributed by atoms with Gasteiger partial charge in [0.15, 0.2) is 0 Å². The molecule has 1 rings (SSSR count). The third-order valence-electron chi connectivity index (χ3n) is 1.79. The highest BCUT2D eigenvalue weighted by Gasteiger charge is 2.29. The molecule has 1 heterocycles. The lowest BCUT2D eigenvalue weighted by atomic mass is 9.91. The first-order valence-electron chi connectivity index (χ1n) is 3.33. The van der Waals surface area contributed by atoms with Gasteiger partial charge in [-0.3, -0.25) is 0 Å². The highest BCUT2D eigenvalue weighted by Crippen LogP contribution is 2.27. The fraction of sp³-hybridized carbons (Fsp3) is 1.00. The van der Waals surface area contributed by atoms with Gasteiger partial charge in [0.25, 0.3) is 0 Å². The smallest absolute Gasteiger partial charge is 0.0542 e. The van der Waals surface area contributed by atoms with Crippen LogP contribution in [0.5, 0.6) is 0 Å². The summed E-state index contributed by atoms with van der Waals surface area (Å²) in [4.78, 5) is 0. The van der Waals surface area contributed by atoms with Crippen molar-refractivity contribution >= 4 is 0 Å². The molecule has 0 bridgehead atoms. The average molecular weight is 130 g/mol. The van der Waals surface area contributed by atoms with Crippen LogP contribution in [-0.2, 0) is 9.47 Å². The summed E-state index contributed by atoms with van der Waals surface area (Å²) in [5.74, 6) is 0. The largest absolute Gasteiger partial charge is 0.384 e. The van der Waals surface area contributed by atoms with E-state index in [-0.39, 0.29) is 0 Å². The van der Waals surface area contributed by atoms with Crippen LogP contribution >= 0.6 is 0 Å². The van der Waals surface area contributed by atoms with Gasteiger partial charge in [-0.05, 0) is 6.42 Å². The van der Waals surface area contributed by atoms with Crippen LogP contribution in [0.25, 0.3) is 0 Å². The Morgan fingerprint density at radius 3 is 2.89 bits per heavy atom. The summed E-state index contributed by atoms with van der Waals surface area (Å²) >= 11 is 0. The van der Waals surface area contributed by atoms with E-state index in [1.165, 1.54) is 0 Å². The van der Waals surface area contributed by atoms with Crippen LogP contribution in [0.15, 0.2) is 0 Å². The van der Waals surface area contributed by atoms with Gasteiger partial charge in [-0.25, -0.2) is 0 Å². The van der Waals surface area contributed by atoms with Crippen LogP contribution in [0.2, 0.25) is 0 Å². The van der Waals surface area contributed by atoms with Crippen molar-refractivity contribution in [2.75, 3.05) is 26.9 Å². The summed E-state index contributed by atoms with van der Waals surface area (Å²) in [5, 5.41) is 0. The number of methoxy groups -OCH3 is 1. The van der Waals surface area contributed by atoms with E-state index < -0.39 is 0 Å². The predicted molar refractivity (Wildman–Crippen MR) is 35.4 cm³/mol. The Morgan fingerprint density at radius 2 is 2.44 bits per heavy atom. The van der Waals surface area contributed by atoms with E-state index in [2.05, 4.69) is 6.92 Å². The average Bonchev–Trinajstić information content (AvgIpc) is 2.16. The molecule has 54 valence electrons. The standard InChI is InChI=1S/C7H14O2/c1-7(5-8-2)3-4-9-6-7/h3-6H2,1-2H3. The molecule has 0 aromatic carbocycles. The number of hydrogen-bond acceptors (Lipinski definition) is 2. The molecule has 1 aliphatic rings. The molecule has 1 saturated heterocycles. The molecule has 0 amide bonds. The lowest BCUT2D eigenvalue weighted by Gasteiger charge is -2.19. The summed E-state index contributed by atoms with van der Waals surface area (Å²) in [5.41, 5.74) is 0.300. The molecule has 0 saturated carbocycles. The second-order valence-corrected chi connectivity index (χ2v) is 3.05. The SMILES string of the molecule is COCC1(C)CCOC1. The molecule has 9 heavy (non-hydrogen) atoms. The summed E-state index contributed by atoms with van der Waals surface area (Å²) in [6, 6.07) is 0. The van der Waals surface area contributed by atoms with Crippen molar-refractivity contribution in [2.24, 2.45) is 5.41 Å². The zero-order valence-corrected chi connectivity index (χ0v) is 6.14. The first kappa shape index (κ1) is 7.03. The second kappa shape index (κ2) is 2.67. The zero-order chi connectivity index (χ0) is 6.74. The second-order valence-electron chi connectivity index (χ2n) is 3.05. The lowest BCUT2D eigenvalue weighted by molar-refractivity contribution is 0.0749. The number of hydrogen-bond donors (Lipinski definition) is 0. The van der Waals surface area contributed by atoms with E-state index in [1.807, 2.05) is 0 Å². The molecule has 0 N–H and O–H groups in total. The van der Waals surface area contributed by atoms with Gasteiger partial charge < -0.3 is 9.47 Å². The Kier molecular flexibility index (Phi) is 2.09. The fourth-order valence-electron chi connectivity index (χ4n) is 1.17. The van der Waals surface area contributed by atoms with E-state index in [1.54, 1.807) is 7.11 Å². The first-order chi connectivity index (χ1) is 4.27. The van der Waals surface area contributed by atoms with Crippen LogP contribution in [0.3, 0.4) is 0 Å². The van der Waals surface area contributed by atoms with Gasteiger partial charge in [0, 0.05) is 19.1 Å². The van der Waals surface area contributed by atoms with Crippen molar-refractivity contribution < 1.29 is 9.47 Å². The highest BCUT2D eigenvalue weighted by atomic mass is 16.5. The number of ether oxygens (including phenoxy) is 2. The van der Waals surface area contributed by atoms with E-state index in [4.69, 9.17) is 9.47 Å². The van der Waals surface area contributed by atoms with Crippen molar-refractivity contribution in [2.45, 2.75) is 13.3 Å². The Labute approximate surface area is 56.2 Å². The Bertz CT molecular complexity index is 84.9. The maximum absolute atomic E-state index is 5.23. The van der Waals surface area contributed by atoms with Gasteiger partial charge in [-0.15, -0.1) is 0 Å². The van der Waals surface area contributed by atoms with Crippen molar-refractivity contribution in [3.8, 4) is 0 Å². The van der Waals surface area contributed by atoms with Gasteiger partial charge >= 0.3 is 0 Å². The third kappa shape index (κ3) is 1.66. The number of rotatable bonds is 2. The first-order valence-corrected chi connectivity index (χ1v) is 3.33. The molecule has 1 fully saturated rings. The lowest BCUT2D eigenvalue weighted by Crippen LogP contribution is -2.22. The zero-order valence-electron chi connectivity index (χ0n) is 6.14. The molecule has 1 aliphatic heterocycles. The summed E-state index contributed by atoms with van der Waals surface area (Å²) in [6.45, 7) is 4.79. The summed E-state index contributed by atoms with van der Waals surface area (Å²) < 4.78 is 10.3. The van der Waals surface area contributed by atoms with Gasteiger partial charge in [0.1, 0.15) is 0 Å². The molecule has 1 unspecified atom stereocenters. The van der Waals surface area contributed by atoms with Crippen molar-refractivity contribution in [3.05, 3.63) is 0 Å². The molecule has 0 aliphatic carbocycles. The monoisotopic (exact) mass is 130 g/mol. The van der Waals surface area contributed by atoms with Crippen molar-refractivity contribution in [3.63, 3.8) is 0 Å². The minimum Gasteiger partial charge on any atom is -0.384 e. The van der Waals surface area contributed by atoms with E-state index in [9.17, 15) is 0 Å². The van der Waals surface area contributed by atoms with Crippen LogP contribution in [0.1, 0.15) is 13.3 Å². The topological polar surface area (TPSA) is 18.5 Å². The Balaban J connectivity index is 2.32. The van der Waals surface area contributed by atoms with E-state index in [0.717, 1.165) is 26.2 Å². The maximum atomic E-state index is 5.23. The highest BCUT2D eigenvalue weighted by molar-refractivity contribution is 4.77. The van der Waals surface area contributed by atoms with Crippen molar-refractivity contribution in [1.29, 1.82) is 0 Å². The molecule has 1 atom stereocenters. The molecule has 0 aromatic rings. The summed E-state index contributed by atoms with van der Waals surface area (Å²) in [7, 11) is 1.74. The van der Waals surface area contributed by atoms with Crippen LogP contribution in [0.4, 0.5) is 0 Å². The van der Waals surface area contributed by atoms with Gasteiger partial charge in [-0.2, -0.15) is 0 Å². The van der Waals surface area contributed by atoms with Gasteiger partial charge in [-0.1, -0.05) is 6.92 Å².